The van der Waals surface area contributed by atoms with E-state index in [-0.39, 0.29) is 31.0 Å². The number of benzene rings is 1. The van der Waals surface area contributed by atoms with Crippen LogP contribution < -0.4 is 0 Å². The van der Waals surface area contributed by atoms with Gasteiger partial charge in [0.15, 0.2) is 0 Å². The van der Waals surface area contributed by atoms with Crippen molar-refractivity contribution in [3.05, 3.63) is 35.9 Å². The van der Waals surface area contributed by atoms with Crippen molar-refractivity contribution < 1.29 is 14.6 Å². The topological polar surface area (TPSA) is 76.8 Å². The number of carbonyl (C=O) groups is 1. The number of hydrogen-bond donors (Lipinski definition) is 1. The van der Waals surface area contributed by atoms with E-state index in [9.17, 15) is 15.2 Å². The Morgan fingerprint density at radius 2 is 2.00 bits per heavy atom. The molecule has 0 aliphatic carbocycles. The normalized spacial score (nSPS) is 28.0. The maximum Gasteiger partial charge on any atom is 0.238 e. The fraction of sp³-hybridized carbons (Fsp3) is 0.529. The Labute approximate surface area is 135 Å². The number of hydrogen-bond acceptors (Lipinski definition) is 5. The van der Waals surface area contributed by atoms with Gasteiger partial charge in [0.05, 0.1) is 38.5 Å². The first-order valence-corrected chi connectivity index (χ1v) is 7.93. The molecule has 0 spiro atoms. The Bertz CT molecular complexity index is 580. The summed E-state index contributed by atoms with van der Waals surface area (Å²) >= 11 is 0. The number of rotatable bonds is 4. The number of aliphatic hydroxyl groups excluding tert-OH is 1. The van der Waals surface area contributed by atoms with Gasteiger partial charge in [0.2, 0.25) is 5.91 Å². The molecule has 0 unspecified atom stereocenters. The van der Waals surface area contributed by atoms with Gasteiger partial charge in [-0.1, -0.05) is 30.3 Å². The first-order valence-electron chi connectivity index (χ1n) is 7.93. The first kappa shape index (κ1) is 15.9. The van der Waals surface area contributed by atoms with Crippen LogP contribution in [0.1, 0.15) is 11.5 Å². The summed E-state index contributed by atoms with van der Waals surface area (Å²) in [7, 11) is 0. The van der Waals surface area contributed by atoms with Crippen molar-refractivity contribution in [1.82, 2.24) is 9.80 Å². The predicted octanol–water partition coefficient (Wildman–Crippen LogP) is 0.198. The van der Waals surface area contributed by atoms with Crippen LogP contribution in [0, 0.1) is 11.3 Å². The highest BCUT2D eigenvalue weighted by Crippen LogP contribution is 2.40. The van der Waals surface area contributed by atoms with Crippen molar-refractivity contribution in [2.45, 2.75) is 18.0 Å². The average Bonchev–Trinajstić information content (AvgIpc) is 2.56. The number of morpholine rings is 1. The van der Waals surface area contributed by atoms with E-state index >= 15 is 0 Å². The standard InChI is InChI=1S/C17H21N3O3/c18-10-14-17(13-4-2-1-3-5-13)15(12-21)20(14)16(22)11-19-6-8-23-9-7-19/h1-5,14-15,17,21H,6-9,11-12H2/t14-,15+,17-/m1/s1. The number of aliphatic hydroxyl groups is 1. The van der Waals surface area contributed by atoms with Crippen LogP contribution in [0.3, 0.4) is 0 Å². The largest absolute Gasteiger partial charge is 0.394 e. The van der Waals surface area contributed by atoms with Crippen molar-refractivity contribution in [3.8, 4) is 6.07 Å². The van der Waals surface area contributed by atoms with Crippen LogP contribution in [-0.2, 0) is 9.53 Å². The number of nitriles is 1. The van der Waals surface area contributed by atoms with E-state index in [4.69, 9.17) is 4.74 Å². The molecule has 2 heterocycles. The number of amides is 1. The predicted molar refractivity (Wildman–Crippen MR) is 83.6 cm³/mol. The third-order valence-electron chi connectivity index (χ3n) is 4.67. The molecule has 3 rings (SSSR count). The van der Waals surface area contributed by atoms with E-state index in [1.54, 1.807) is 4.90 Å². The van der Waals surface area contributed by atoms with Gasteiger partial charge in [-0.15, -0.1) is 0 Å². The molecule has 3 atom stereocenters. The smallest absolute Gasteiger partial charge is 0.238 e. The Morgan fingerprint density at radius 3 is 2.61 bits per heavy atom. The number of likely N-dealkylation sites (tertiary alicyclic amines) is 1. The van der Waals surface area contributed by atoms with Gasteiger partial charge in [0.1, 0.15) is 6.04 Å². The summed E-state index contributed by atoms with van der Waals surface area (Å²) in [4.78, 5) is 16.2. The molecule has 1 aromatic rings. The zero-order chi connectivity index (χ0) is 16.2. The highest BCUT2D eigenvalue weighted by atomic mass is 16.5. The summed E-state index contributed by atoms with van der Waals surface area (Å²) < 4.78 is 5.28. The molecular formula is C17H21N3O3. The van der Waals surface area contributed by atoms with Gasteiger partial charge in [-0.05, 0) is 5.56 Å². The Hall–Kier alpha value is -1.94. The van der Waals surface area contributed by atoms with Gasteiger partial charge in [-0.3, -0.25) is 9.69 Å². The highest BCUT2D eigenvalue weighted by Gasteiger charge is 2.51. The number of carbonyl (C=O) groups excluding carboxylic acids is 1. The van der Waals surface area contributed by atoms with Crippen LogP contribution in [0.25, 0.3) is 0 Å². The number of nitrogens with zero attached hydrogens (tertiary/aromatic N) is 3. The average molecular weight is 315 g/mol. The molecule has 122 valence electrons. The van der Waals surface area contributed by atoms with Crippen LogP contribution >= 0.6 is 0 Å². The van der Waals surface area contributed by atoms with Crippen LogP contribution in [0.15, 0.2) is 30.3 Å². The lowest BCUT2D eigenvalue weighted by molar-refractivity contribution is -0.149. The van der Waals surface area contributed by atoms with E-state index in [0.717, 1.165) is 18.7 Å². The zero-order valence-corrected chi connectivity index (χ0v) is 13.0. The second-order valence-corrected chi connectivity index (χ2v) is 5.95. The molecule has 2 fully saturated rings. The van der Waals surface area contributed by atoms with Gasteiger partial charge >= 0.3 is 0 Å². The monoisotopic (exact) mass is 315 g/mol. The fourth-order valence-corrected chi connectivity index (χ4v) is 3.46. The fourth-order valence-electron chi connectivity index (χ4n) is 3.46. The van der Waals surface area contributed by atoms with Gasteiger partial charge < -0.3 is 14.7 Å². The summed E-state index contributed by atoms with van der Waals surface area (Å²) in [5.74, 6) is -0.218. The summed E-state index contributed by atoms with van der Waals surface area (Å²) in [5, 5.41) is 19.2. The van der Waals surface area contributed by atoms with E-state index in [1.165, 1.54) is 0 Å². The first-order chi connectivity index (χ1) is 11.3. The summed E-state index contributed by atoms with van der Waals surface area (Å²) in [6.45, 7) is 2.85. The van der Waals surface area contributed by atoms with Crippen molar-refractivity contribution in [2.24, 2.45) is 0 Å². The second kappa shape index (κ2) is 7.09. The SMILES string of the molecule is N#C[C@@H]1[C@@H](c2ccccc2)[C@H](CO)N1C(=O)CN1CCOCC1. The highest BCUT2D eigenvalue weighted by molar-refractivity contribution is 5.81. The van der Waals surface area contributed by atoms with Crippen LogP contribution in [0.5, 0.6) is 0 Å². The molecule has 23 heavy (non-hydrogen) atoms. The summed E-state index contributed by atoms with van der Waals surface area (Å²) in [5.41, 5.74) is 0.994. The van der Waals surface area contributed by atoms with Crippen LogP contribution in [-0.4, -0.2) is 72.4 Å². The molecule has 0 aromatic heterocycles. The molecule has 0 bridgehead atoms. The second-order valence-electron chi connectivity index (χ2n) is 5.95. The lowest BCUT2D eigenvalue weighted by Crippen LogP contribution is -2.66. The van der Waals surface area contributed by atoms with Crippen LogP contribution in [0.2, 0.25) is 0 Å². The van der Waals surface area contributed by atoms with Crippen molar-refractivity contribution in [3.63, 3.8) is 0 Å². The van der Waals surface area contributed by atoms with Crippen molar-refractivity contribution in [2.75, 3.05) is 39.5 Å². The quantitative estimate of drug-likeness (QED) is 0.859. The molecule has 0 radical (unpaired) electrons. The van der Waals surface area contributed by atoms with Gasteiger partial charge in [-0.25, -0.2) is 0 Å². The molecular weight excluding hydrogens is 294 g/mol. The lowest BCUT2D eigenvalue weighted by Gasteiger charge is -2.52. The maximum atomic E-state index is 12.6. The zero-order valence-electron chi connectivity index (χ0n) is 13.0. The van der Waals surface area contributed by atoms with Crippen molar-refractivity contribution >= 4 is 5.91 Å². The minimum absolute atomic E-state index is 0.0929. The van der Waals surface area contributed by atoms with E-state index in [0.29, 0.717) is 13.2 Å². The Balaban J connectivity index is 1.71. The molecule has 1 N–H and O–H groups in total. The molecule has 2 saturated heterocycles. The summed E-state index contributed by atoms with van der Waals surface area (Å²) in [6.07, 6.45) is 0. The van der Waals surface area contributed by atoms with Crippen molar-refractivity contribution in [1.29, 1.82) is 5.26 Å². The number of ether oxygens (including phenoxy) is 1. The molecule has 6 nitrogen and oxygen atoms in total. The van der Waals surface area contributed by atoms with E-state index in [2.05, 4.69) is 6.07 Å². The third kappa shape index (κ3) is 3.08. The Morgan fingerprint density at radius 1 is 1.30 bits per heavy atom. The van der Waals surface area contributed by atoms with E-state index < -0.39 is 6.04 Å². The Kier molecular flexibility index (Phi) is 4.91. The van der Waals surface area contributed by atoms with Gasteiger partial charge in [0, 0.05) is 19.0 Å². The maximum absolute atomic E-state index is 12.6. The van der Waals surface area contributed by atoms with Gasteiger partial charge in [-0.2, -0.15) is 5.26 Å². The van der Waals surface area contributed by atoms with E-state index in [1.807, 2.05) is 35.2 Å². The molecule has 1 amide bonds. The lowest BCUT2D eigenvalue weighted by atomic mass is 9.75. The molecule has 2 aliphatic rings. The van der Waals surface area contributed by atoms with Crippen LogP contribution in [0.4, 0.5) is 0 Å². The summed E-state index contributed by atoms with van der Waals surface area (Å²) in [6, 6.07) is 11.0. The third-order valence-corrected chi connectivity index (χ3v) is 4.67. The minimum Gasteiger partial charge on any atom is -0.394 e. The molecule has 6 heteroatoms. The van der Waals surface area contributed by atoms with Gasteiger partial charge in [0.25, 0.3) is 0 Å². The molecule has 1 aromatic carbocycles. The molecule has 2 aliphatic heterocycles. The molecule has 0 saturated carbocycles. The minimum atomic E-state index is -0.511.